The Hall–Kier alpha value is -7.04. The van der Waals surface area contributed by atoms with E-state index in [0.29, 0.717) is 5.69 Å². The van der Waals surface area contributed by atoms with Gasteiger partial charge in [-0.05, 0) is 86.6 Å². The molecular weight excluding hydrogens is 645 g/mol. The van der Waals surface area contributed by atoms with E-state index in [1.165, 1.54) is 38.2 Å². The van der Waals surface area contributed by atoms with E-state index in [9.17, 15) is 0 Å². The largest absolute Gasteiger partial charge is 0.396 e. The molecule has 3 aromatic heterocycles. The first-order chi connectivity index (χ1) is 26.2. The third kappa shape index (κ3) is 5.15. The Morgan fingerprint density at radius 2 is 1.23 bits per heavy atom. The van der Waals surface area contributed by atoms with Gasteiger partial charge in [0, 0.05) is 39.8 Å². The van der Waals surface area contributed by atoms with Crippen LogP contribution in [0.3, 0.4) is 0 Å². The quantitative estimate of drug-likeness (QED) is 0.141. The van der Waals surface area contributed by atoms with Crippen LogP contribution in [0.15, 0.2) is 176 Å². The van der Waals surface area contributed by atoms with Crippen LogP contribution in [0.2, 0.25) is 0 Å². The molecule has 0 aliphatic carbocycles. The van der Waals surface area contributed by atoms with Crippen molar-refractivity contribution in [2.24, 2.45) is 0 Å². The number of fused-ring (bicyclic) bond motifs is 6. The Balaban J connectivity index is 1.03. The second-order valence-corrected chi connectivity index (χ2v) is 13.5. The van der Waals surface area contributed by atoms with E-state index in [2.05, 4.69) is 173 Å². The molecule has 0 saturated carbocycles. The minimum Gasteiger partial charge on any atom is -0.396 e. The first-order valence-electron chi connectivity index (χ1n) is 18.0. The van der Waals surface area contributed by atoms with Gasteiger partial charge in [-0.25, -0.2) is 4.98 Å². The molecule has 4 heteroatoms. The maximum Gasteiger partial charge on any atom is 0.0944 e. The molecule has 0 spiro atoms. The number of nitrogen functional groups attached to an aromatic ring is 1. The second kappa shape index (κ2) is 12.6. The summed E-state index contributed by atoms with van der Waals surface area (Å²) in [5.74, 6) is 0. The van der Waals surface area contributed by atoms with Crippen LogP contribution in [0.25, 0.3) is 88.4 Å². The molecule has 10 rings (SSSR count). The molecule has 0 unspecified atom stereocenters. The fourth-order valence-electron chi connectivity index (χ4n) is 8.07. The first kappa shape index (κ1) is 30.8. The van der Waals surface area contributed by atoms with Gasteiger partial charge in [-0.1, -0.05) is 133 Å². The summed E-state index contributed by atoms with van der Waals surface area (Å²) in [4.78, 5) is 9.64. The highest BCUT2D eigenvalue weighted by Gasteiger charge is 2.16. The molecule has 0 aliphatic rings. The summed E-state index contributed by atoms with van der Waals surface area (Å²) in [6.07, 6.45) is 8.96. The van der Waals surface area contributed by atoms with Gasteiger partial charge in [0.15, 0.2) is 0 Å². The van der Waals surface area contributed by atoms with Crippen molar-refractivity contribution in [1.82, 2.24) is 14.5 Å². The molecule has 0 atom stereocenters. The fourth-order valence-corrected chi connectivity index (χ4v) is 8.07. The summed E-state index contributed by atoms with van der Waals surface area (Å²) < 4.78 is 2.30. The molecule has 2 N–H and O–H groups in total. The molecule has 10 aromatic rings. The lowest BCUT2D eigenvalue weighted by atomic mass is 9.87. The third-order valence-corrected chi connectivity index (χ3v) is 10.5. The zero-order chi connectivity index (χ0) is 35.3. The predicted octanol–water partition coefficient (Wildman–Crippen LogP) is 12.2. The molecule has 3 heterocycles. The number of aromatic nitrogens is 3. The van der Waals surface area contributed by atoms with E-state index in [4.69, 9.17) is 10.7 Å². The number of pyridine rings is 2. The van der Waals surface area contributed by atoms with Crippen LogP contribution in [0.5, 0.6) is 0 Å². The van der Waals surface area contributed by atoms with Crippen LogP contribution >= 0.6 is 0 Å². The highest BCUT2D eigenvalue weighted by molar-refractivity contribution is 6.15. The van der Waals surface area contributed by atoms with Gasteiger partial charge < -0.3 is 10.3 Å². The minimum atomic E-state index is 0.681. The molecule has 0 radical (unpaired) electrons. The second-order valence-electron chi connectivity index (χ2n) is 13.5. The standard InChI is InChI=1S/C49H34N4/c50-48-33(14-11-21-37-38-17-7-9-19-40(38)47(32-12-3-1-4-13-32)41-20-10-8-18-39(37)41)22-23-34-24-26-44(52-49(34)48)35-25-27-45-42(30-35)43-31-51-29-28-46(43)53(45)36-15-5-2-6-16-36/h1-20,22-31H,21,50H2/b14-11-. The number of allylic oxidation sites excluding steroid dienone is 1. The average Bonchev–Trinajstić information content (AvgIpc) is 3.55. The van der Waals surface area contributed by atoms with Crippen molar-refractivity contribution in [3.05, 3.63) is 187 Å². The molecule has 53 heavy (non-hydrogen) atoms. The van der Waals surface area contributed by atoms with Gasteiger partial charge in [-0.3, -0.25) is 4.98 Å². The molecule has 0 amide bonds. The maximum atomic E-state index is 6.92. The Kier molecular flexibility index (Phi) is 7.33. The van der Waals surface area contributed by atoms with E-state index >= 15 is 0 Å². The summed E-state index contributed by atoms with van der Waals surface area (Å²) in [7, 11) is 0. The molecule has 7 aromatic carbocycles. The highest BCUT2D eigenvalue weighted by Crippen LogP contribution is 2.40. The topological polar surface area (TPSA) is 56.7 Å². The molecule has 250 valence electrons. The maximum absolute atomic E-state index is 6.92. The van der Waals surface area contributed by atoms with Gasteiger partial charge in [0.1, 0.15) is 0 Å². The summed E-state index contributed by atoms with van der Waals surface area (Å²) in [5, 5.41) is 8.33. The summed E-state index contributed by atoms with van der Waals surface area (Å²) in [6, 6.07) is 55.8. The van der Waals surface area contributed by atoms with Gasteiger partial charge in [0.2, 0.25) is 0 Å². The zero-order valence-corrected chi connectivity index (χ0v) is 28.9. The first-order valence-corrected chi connectivity index (χ1v) is 18.0. The van der Waals surface area contributed by atoms with Crippen LogP contribution in [-0.2, 0) is 6.42 Å². The molecule has 0 aliphatic heterocycles. The number of hydrogen-bond acceptors (Lipinski definition) is 3. The number of rotatable bonds is 6. The van der Waals surface area contributed by atoms with Gasteiger partial charge in [0.05, 0.1) is 27.9 Å². The monoisotopic (exact) mass is 678 g/mol. The molecule has 0 bridgehead atoms. The lowest BCUT2D eigenvalue weighted by Gasteiger charge is -2.16. The van der Waals surface area contributed by atoms with Crippen molar-refractivity contribution < 1.29 is 0 Å². The highest BCUT2D eigenvalue weighted by atomic mass is 15.0. The fraction of sp³-hybridized carbons (Fsp3) is 0.0204. The SMILES string of the molecule is Nc1c(/C=C\Cc2c3ccccc3c(-c3ccccc3)c3ccccc23)ccc2ccc(-c3ccc4c(c3)c3cnccc3n4-c3ccccc3)nc12. The Labute approximate surface area is 307 Å². The average molecular weight is 679 g/mol. The predicted molar refractivity (Wildman–Crippen MR) is 223 cm³/mol. The van der Waals surface area contributed by atoms with Crippen molar-refractivity contribution in [3.8, 4) is 28.1 Å². The van der Waals surface area contributed by atoms with E-state index < -0.39 is 0 Å². The van der Waals surface area contributed by atoms with Crippen molar-refractivity contribution >= 4 is 66.0 Å². The van der Waals surface area contributed by atoms with Crippen molar-refractivity contribution in [2.45, 2.75) is 6.42 Å². The van der Waals surface area contributed by atoms with E-state index in [1.54, 1.807) is 0 Å². The van der Waals surface area contributed by atoms with Crippen LogP contribution in [0, 0.1) is 0 Å². The van der Waals surface area contributed by atoms with E-state index in [1.807, 2.05) is 18.5 Å². The van der Waals surface area contributed by atoms with Gasteiger partial charge in [0.25, 0.3) is 0 Å². The van der Waals surface area contributed by atoms with Crippen LogP contribution in [0.4, 0.5) is 5.69 Å². The van der Waals surface area contributed by atoms with Crippen molar-refractivity contribution in [2.75, 3.05) is 5.73 Å². The Bertz CT molecular complexity index is 2970. The van der Waals surface area contributed by atoms with Crippen molar-refractivity contribution in [3.63, 3.8) is 0 Å². The normalized spacial score (nSPS) is 11.8. The van der Waals surface area contributed by atoms with Gasteiger partial charge in [-0.15, -0.1) is 0 Å². The molecular formula is C49H34N4. The summed E-state index contributed by atoms with van der Waals surface area (Å²) in [6.45, 7) is 0. The van der Waals surface area contributed by atoms with Crippen LogP contribution in [0.1, 0.15) is 11.1 Å². The third-order valence-electron chi connectivity index (χ3n) is 10.5. The molecule has 0 saturated heterocycles. The number of para-hydroxylation sites is 1. The number of benzene rings is 7. The lowest BCUT2D eigenvalue weighted by molar-refractivity contribution is 1.17. The van der Waals surface area contributed by atoms with Crippen molar-refractivity contribution in [1.29, 1.82) is 0 Å². The number of hydrogen-bond donors (Lipinski definition) is 1. The Morgan fingerprint density at radius 1 is 0.566 bits per heavy atom. The summed E-state index contributed by atoms with van der Waals surface area (Å²) >= 11 is 0. The van der Waals surface area contributed by atoms with Gasteiger partial charge >= 0.3 is 0 Å². The zero-order valence-electron chi connectivity index (χ0n) is 28.9. The van der Waals surface area contributed by atoms with Gasteiger partial charge in [-0.2, -0.15) is 0 Å². The number of nitrogens with zero attached hydrogens (tertiary/aromatic N) is 3. The van der Waals surface area contributed by atoms with E-state index in [0.717, 1.165) is 61.6 Å². The van der Waals surface area contributed by atoms with E-state index in [-0.39, 0.29) is 0 Å². The smallest absolute Gasteiger partial charge is 0.0944 e. The van der Waals surface area contributed by atoms with Crippen LogP contribution < -0.4 is 5.73 Å². The number of anilines is 1. The van der Waals surface area contributed by atoms with Crippen LogP contribution in [-0.4, -0.2) is 14.5 Å². The number of nitrogens with two attached hydrogens (primary N) is 1. The molecule has 0 fully saturated rings. The minimum absolute atomic E-state index is 0.681. The molecule has 4 nitrogen and oxygen atoms in total. The summed E-state index contributed by atoms with van der Waals surface area (Å²) in [5.41, 5.74) is 18.5. The Morgan fingerprint density at radius 3 is 1.98 bits per heavy atom. The lowest BCUT2D eigenvalue weighted by Crippen LogP contribution is -1.96.